The molecule has 0 saturated heterocycles. The summed E-state index contributed by atoms with van der Waals surface area (Å²) >= 11 is 0. The van der Waals surface area contributed by atoms with Crippen LogP contribution in [0.4, 0.5) is 10.1 Å². The lowest BCUT2D eigenvalue weighted by atomic mass is 10.1. The van der Waals surface area contributed by atoms with E-state index in [0.29, 0.717) is 17.7 Å². The van der Waals surface area contributed by atoms with Crippen LogP contribution in [0.1, 0.15) is 5.56 Å². The molecule has 0 bridgehead atoms. The van der Waals surface area contributed by atoms with Crippen LogP contribution in [0.25, 0.3) is 0 Å². The van der Waals surface area contributed by atoms with Gasteiger partial charge in [0.25, 0.3) is 0 Å². The van der Waals surface area contributed by atoms with Crippen LogP contribution in [0.2, 0.25) is 0 Å². The third-order valence-corrected chi connectivity index (χ3v) is 2.10. The Hall–Kier alpha value is -1.56. The largest absolute Gasteiger partial charge is 0.398 e. The maximum Gasteiger partial charge on any atom is 0.222 e. The van der Waals surface area contributed by atoms with Gasteiger partial charge in [-0.1, -0.05) is 6.08 Å². The average Bonchev–Trinajstić information content (AvgIpc) is 2.17. The lowest BCUT2D eigenvalue weighted by molar-refractivity contribution is 0.610. The Labute approximate surface area is 88.7 Å². The van der Waals surface area contributed by atoms with Crippen molar-refractivity contribution in [3.63, 3.8) is 0 Å². The normalized spacial score (nSPS) is 11.1. The lowest BCUT2D eigenvalue weighted by Gasteiger charge is -2.01. The standard InChI is InChI=1S/C9H11FN2O2S/c10-8-3-4-9(11)7(6-8)2-1-5-12-15(13)14/h1,3-6,15H,2,11H2,(H,12,13,14)/b5-1+. The second kappa shape index (κ2) is 5.35. The smallest absolute Gasteiger partial charge is 0.222 e. The minimum Gasteiger partial charge on any atom is -0.398 e. The fraction of sp³-hybridized carbons (Fsp3) is 0.111. The van der Waals surface area contributed by atoms with Crippen LogP contribution in [-0.2, 0) is 17.3 Å². The van der Waals surface area contributed by atoms with Crippen LogP contribution < -0.4 is 10.5 Å². The SMILES string of the molecule is Nc1ccc(F)cc1C/C=C/N[SH](=O)=O. The van der Waals surface area contributed by atoms with E-state index in [2.05, 4.69) is 4.72 Å². The second-order valence-corrected chi connectivity index (χ2v) is 3.61. The topological polar surface area (TPSA) is 72.2 Å². The van der Waals surface area contributed by atoms with Crippen molar-refractivity contribution in [3.05, 3.63) is 41.9 Å². The van der Waals surface area contributed by atoms with Crippen LogP contribution in [-0.4, -0.2) is 8.42 Å². The van der Waals surface area contributed by atoms with E-state index in [0.717, 1.165) is 0 Å². The summed E-state index contributed by atoms with van der Waals surface area (Å²) in [6.07, 6.45) is 3.20. The first kappa shape index (κ1) is 11.5. The monoisotopic (exact) mass is 230 g/mol. The zero-order valence-corrected chi connectivity index (χ0v) is 8.71. The van der Waals surface area contributed by atoms with Crippen molar-refractivity contribution in [2.75, 3.05) is 5.73 Å². The fourth-order valence-electron chi connectivity index (χ4n) is 1.05. The molecular weight excluding hydrogens is 219 g/mol. The van der Waals surface area contributed by atoms with Gasteiger partial charge in [-0.3, -0.25) is 4.72 Å². The molecule has 1 aromatic rings. The molecule has 82 valence electrons. The first-order chi connectivity index (χ1) is 7.09. The molecule has 0 aliphatic carbocycles. The van der Waals surface area contributed by atoms with Gasteiger partial charge in [-0.05, 0) is 30.2 Å². The Balaban J connectivity index is 2.64. The number of hydrogen-bond donors (Lipinski definition) is 3. The second-order valence-electron chi connectivity index (χ2n) is 2.84. The van der Waals surface area contributed by atoms with Gasteiger partial charge < -0.3 is 5.73 Å². The Morgan fingerprint density at radius 3 is 2.87 bits per heavy atom. The van der Waals surface area contributed by atoms with E-state index < -0.39 is 10.9 Å². The quantitative estimate of drug-likeness (QED) is 0.523. The highest BCUT2D eigenvalue weighted by atomic mass is 32.2. The third-order valence-electron chi connectivity index (χ3n) is 1.74. The number of nitrogens with two attached hydrogens (primary N) is 1. The number of anilines is 1. The Bertz CT molecular complexity index is 436. The molecule has 1 rings (SSSR count). The summed E-state index contributed by atoms with van der Waals surface area (Å²) in [5.41, 5.74) is 6.69. The van der Waals surface area contributed by atoms with E-state index >= 15 is 0 Å². The molecule has 0 fully saturated rings. The summed E-state index contributed by atoms with van der Waals surface area (Å²) in [6.45, 7) is 0. The van der Waals surface area contributed by atoms with Crippen molar-refractivity contribution >= 4 is 16.6 Å². The number of rotatable bonds is 4. The summed E-state index contributed by atoms with van der Waals surface area (Å²) in [6, 6.07) is 4.06. The van der Waals surface area contributed by atoms with Gasteiger partial charge >= 0.3 is 0 Å². The van der Waals surface area contributed by atoms with Gasteiger partial charge in [0.15, 0.2) is 0 Å². The van der Waals surface area contributed by atoms with Crippen LogP contribution in [0.3, 0.4) is 0 Å². The minimum absolute atomic E-state index is 0.365. The van der Waals surface area contributed by atoms with Gasteiger partial charge in [0.1, 0.15) is 5.82 Å². The molecule has 0 atom stereocenters. The number of benzene rings is 1. The summed E-state index contributed by atoms with van der Waals surface area (Å²) in [7, 11) is -2.64. The summed E-state index contributed by atoms with van der Waals surface area (Å²) in [5, 5.41) is 0. The first-order valence-corrected chi connectivity index (χ1v) is 5.37. The molecule has 0 heterocycles. The minimum atomic E-state index is -2.64. The maximum absolute atomic E-state index is 12.8. The van der Waals surface area contributed by atoms with Crippen molar-refractivity contribution in [2.24, 2.45) is 0 Å². The molecule has 0 aromatic heterocycles. The van der Waals surface area contributed by atoms with Crippen LogP contribution in [0.15, 0.2) is 30.5 Å². The number of nitrogens with one attached hydrogen (secondary N) is 1. The first-order valence-electron chi connectivity index (χ1n) is 4.19. The van der Waals surface area contributed by atoms with E-state index in [9.17, 15) is 12.8 Å². The lowest BCUT2D eigenvalue weighted by Crippen LogP contribution is -2.00. The Morgan fingerprint density at radius 1 is 1.47 bits per heavy atom. The highest BCUT2D eigenvalue weighted by molar-refractivity contribution is 7.70. The highest BCUT2D eigenvalue weighted by Crippen LogP contribution is 2.13. The van der Waals surface area contributed by atoms with Crippen molar-refractivity contribution in [2.45, 2.75) is 6.42 Å². The molecule has 0 unspecified atom stereocenters. The van der Waals surface area contributed by atoms with E-state index in [-0.39, 0.29) is 5.82 Å². The van der Waals surface area contributed by atoms with Crippen LogP contribution in [0.5, 0.6) is 0 Å². The van der Waals surface area contributed by atoms with Gasteiger partial charge in [0.05, 0.1) is 0 Å². The molecule has 0 radical (unpaired) electrons. The molecule has 0 aliphatic rings. The van der Waals surface area contributed by atoms with E-state index in [1.54, 1.807) is 6.08 Å². The van der Waals surface area contributed by atoms with Gasteiger partial charge in [-0.25, -0.2) is 12.8 Å². The summed E-state index contributed by atoms with van der Waals surface area (Å²) in [5.74, 6) is -0.365. The molecule has 0 aliphatic heterocycles. The number of nitrogen functional groups attached to an aromatic ring is 1. The van der Waals surface area contributed by atoms with E-state index in [1.165, 1.54) is 24.4 Å². The number of thiol groups is 1. The number of halogens is 1. The number of hydrogen-bond acceptors (Lipinski definition) is 3. The van der Waals surface area contributed by atoms with Crippen molar-refractivity contribution in [1.29, 1.82) is 0 Å². The van der Waals surface area contributed by atoms with Gasteiger partial charge in [0, 0.05) is 11.9 Å². The molecule has 0 spiro atoms. The molecular formula is C9H11FN2O2S. The predicted octanol–water partition coefficient (Wildman–Crippen LogP) is 0.580. The van der Waals surface area contributed by atoms with Gasteiger partial charge in [-0.15, -0.1) is 0 Å². The predicted molar refractivity (Wildman–Crippen MR) is 57.1 cm³/mol. The molecule has 3 N–H and O–H groups in total. The zero-order valence-electron chi connectivity index (χ0n) is 7.81. The summed E-state index contributed by atoms with van der Waals surface area (Å²) in [4.78, 5) is 0. The summed E-state index contributed by atoms with van der Waals surface area (Å²) < 4.78 is 35.1. The Kier molecular flexibility index (Phi) is 4.11. The average molecular weight is 230 g/mol. The highest BCUT2D eigenvalue weighted by Gasteiger charge is 1.98. The zero-order chi connectivity index (χ0) is 11.3. The molecule has 6 heteroatoms. The molecule has 0 saturated carbocycles. The Morgan fingerprint density at radius 2 is 2.20 bits per heavy atom. The third kappa shape index (κ3) is 3.99. The van der Waals surface area contributed by atoms with Crippen molar-refractivity contribution in [1.82, 2.24) is 4.72 Å². The molecule has 4 nitrogen and oxygen atoms in total. The molecule has 0 amide bonds. The fourth-order valence-corrected chi connectivity index (χ4v) is 1.28. The molecule has 15 heavy (non-hydrogen) atoms. The maximum atomic E-state index is 12.8. The van der Waals surface area contributed by atoms with E-state index in [4.69, 9.17) is 5.73 Å². The van der Waals surface area contributed by atoms with Gasteiger partial charge in [0.2, 0.25) is 10.9 Å². The number of allylic oxidation sites excluding steroid dienone is 1. The van der Waals surface area contributed by atoms with E-state index in [1.807, 2.05) is 0 Å². The van der Waals surface area contributed by atoms with Crippen LogP contribution >= 0.6 is 0 Å². The van der Waals surface area contributed by atoms with Gasteiger partial charge in [-0.2, -0.15) is 0 Å². The van der Waals surface area contributed by atoms with Crippen molar-refractivity contribution in [3.8, 4) is 0 Å². The molecule has 1 aromatic carbocycles. The van der Waals surface area contributed by atoms with Crippen LogP contribution in [0, 0.1) is 5.82 Å². The van der Waals surface area contributed by atoms with Crippen molar-refractivity contribution < 1.29 is 12.8 Å².